The number of anilines is 2. The van der Waals surface area contributed by atoms with E-state index in [4.69, 9.17) is 33.8 Å². The van der Waals surface area contributed by atoms with Crippen molar-refractivity contribution >= 4 is 34.6 Å². The third-order valence-electron chi connectivity index (χ3n) is 1.85. The van der Waals surface area contributed by atoms with Crippen molar-refractivity contribution in [1.82, 2.24) is 0 Å². The van der Waals surface area contributed by atoms with E-state index in [2.05, 4.69) is 0 Å². The van der Waals surface area contributed by atoms with Gasteiger partial charge in [0, 0.05) is 6.54 Å². The maximum atomic E-state index is 5.87. The van der Waals surface area contributed by atoms with E-state index in [1.165, 1.54) is 0 Å². The van der Waals surface area contributed by atoms with Gasteiger partial charge in [0.15, 0.2) is 0 Å². The molecule has 78 valence electrons. The molecule has 0 aliphatic carbocycles. The Kier molecular flexibility index (Phi) is 3.86. The zero-order valence-corrected chi connectivity index (χ0v) is 9.56. The molecule has 14 heavy (non-hydrogen) atoms. The van der Waals surface area contributed by atoms with Gasteiger partial charge in [-0.25, -0.2) is 0 Å². The summed E-state index contributed by atoms with van der Waals surface area (Å²) in [5.74, 6) is 0. The van der Waals surface area contributed by atoms with Gasteiger partial charge < -0.3 is 5.73 Å². The first-order chi connectivity index (χ1) is 6.60. The van der Waals surface area contributed by atoms with Crippen molar-refractivity contribution in [2.24, 2.45) is 0 Å². The van der Waals surface area contributed by atoms with Gasteiger partial charge in [-0.3, -0.25) is 9.90 Å². The topological polar surface area (TPSA) is 38.5 Å². The van der Waals surface area contributed by atoms with Crippen molar-refractivity contribution in [2.75, 3.05) is 24.5 Å². The molecule has 0 amide bonds. The van der Waals surface area contributed by atoms with Crippen molar-refractivity contribution in [1.29, 1.82) is 0 Å². The average Bonchev–Trinajstić information content (AvgIpc) is 2.15. The molecular weight excluding hydrogens is 223 g/mol. The summed E-state index contributed by atoms with van der Waals surface area (Å²) < 4.78 is 0. The summed E-state index contributed by atoms with van der Waals surface area (Å²) in [4.78, 5) is 5.11. The SMILES string of the molecule is CCN(OC)c1cc(Cl)c(Cl)cc1N. The molecule has 0 saturated carbocycles. The number of hydrogen-bond acceptors (Lipinski definition) is 3. The van der Waals surface area contributed by atoms with E-state index in [1.807, 2.05) is 6.92 Å². The summed E-state index contributed by atoms with van der Waals surface area (Å²) in [7, 11) is 1.57. The monoisotopic (exact) mass is 234 g/mol. The Morgan fingerprint density at radius 3 is 2.43 bits per heavy atom. The average molecular weight is 235 g/mol. The molecule has 0 unspecified atom stereocenters. The minimum Gasteiger partial charge on any atom is -0.397 e. The lowest BCUT2D eigenvalue weighted by molar-refractivity contribution is 0.171. The standard InChI is InChI=1S/C9H12Cl2N2O/c1-3-13(14-2)9-5-7(11)6(10)4-8(9)12/h4-5H,3,12H2,1-2H3. The molecule has 0 radical (unpaired) electrons. The van der Waals surface area contributed by atoms with Crippen LogP contribution in [-0.4, -0.2) is 13.7 Å². The number of hydrogen-bond donors (Lipinski definition) is 1. The lowest BCUT2D eigenvalue weighted by Crippen LogP contribution is -2.21. The highest BCUT2D eigenvalue weighted by Gasteiger charge is 2.10. The Balaban J connectivity index is 3.14. The Hall–Kier alpha value is -0.640. The van der Waals surface area contributed by atoms with Crippen LogP contribution in [0.2, 0.25) is 10.0 Å². The van der Waals surface area contributed by atoms with Gasteiger partial charge in [0.25, 0.3) is 0 Å². The van der Waals surface area contributed by atoms with Crippen LogP contribution in [0.25, 0.3) is 0 Å². The van der Waals surface area contributed by atoms with Crippen molar-refractivity contribution < 1.29 is 4.84 Å². The lowest BCUT2D eigenvalue weighted by Gasteiger charge is -2.21. The second-order valence-electron chi connectivity index (χ2n) is 2.70. The number of nitrogens with zero attached hydrogens (tertiary/aromatic N) is 1. The second kappa shape index (κ2) is 4.73. The number of rotatable bonds is 3. The van der Waals surface area contributed by atoms with Gasteiger partial charge in [0.05, 0.1) is 28.5 Å². The summed E-state index contributed by atoms with van der Waals surface area (Å²) in [6.45, 7) is 2.63. The normalized spacial score (nSPS) is 10.3. The fraction of sp³-hybridized carbons (Fsp3) is 0.333. The van der Waals surface area contributed by atoms with E-state index in [0.29, 0.717) is 22.3 Å². The molecule has 0 fully saturated rings. The van der Waals surface area contributed by atoms with Crippen LogP contribution in [0.1, 0.15) is 6.92 Å². The number of hydroxylamine groups is 1. The predicted molar refractivity (Wildman–Crippen MR) is 60.9 cm³/mol. The van der Waals surface area contributed by atoms with E-state index in [1.54, 1.807) is 24.3 Å². The first-order valence-electron chi connectivity index (χ1n) is 4.16. The largest absolute Gasteiger partial charge is 0.397 e. The highest BCUT2D eigenvalue weighted by molar-refractivity contribution is 6.42. The van der Waals surface area contributed by atoms with Gasteiger partial charge in [-0.15, -0.1) is 0 Å². The van der Waals surface area contributed by atoms with Gasteiger partial charge in [0.1, 0.15) is 0 Å². The molecule has 3 nitrogen and oxygen atoms in total. The zero-order valence-electron chi connectivity index (χ0n) is 8.05. The molecule has 0 heterocycles. The van der Waals surface area contributed by atoms with Crippen LogP contribution < -0.4 is 10.8 Å². The molecule has 5 heteroatoms. The predicted octanol–water partition coefficient (Wildman–Crippen LogP) is 2.96. The molecule has 0 aliphatic heterocycles. The van der Waals surface area contributed by atoms with Crippen LogP contribution in [0.5, 0.6) is 0 Å². The van der Waals surface area contributed by atoms with Crippen LogP contribution in [0.3, 0.4) is 0 Å². The van der Waals surface area contributed by atoms with Gasteiger partial charge in [-0.05, 0) is 19.1 Å². The zero-order chi connectivity index (χ0) is 10.7. The summed E-state index contributed by atoms with van der Waals surface area (Å²) in [6, 6.07) is 3.30. The van der Waals surface area contributed by atoms with Crippen LogP contribution in [-0.2, 0) is 4.84 Å². The molecule has 0 spiro atoms. The second-order valence-corrected chi connectivity index (χ2v) is 3.52. The summed E-state index contributed by atoms with van der Waals surface area (Å²) in [5, 5.41) is 2.55. The Bertz CT molecular complexity index is 327. The van der Waals surface area contributed by atoms with Crippen molar-refractivity contribution in [2.45, 2.75) is 6.92 Å². The fourth-order valence-electron chi connectivity index (χ4n) is 1.17. The lowest BCUT2D eigenvalue weighted by atomic mass is 10.2. The van der Waals surface area contributed by atoms with Gasteiger partial charge in [-0.1, -0.05) is 23.2 Å². The minimum atomic E-state index is 0.445. The van der Waals surface area contributed by atoms with Crippen LogP contribution >= 0.6 is 23.2 Å². The van der Waals surface area contributed by atoms with Gasteiger partial charge >= 0.3 is 0 Å². The molecule has 0 aliphatic rings. The third kappa shape index (κ3) is 2.23. The Labute approximate surface area is 93.3 Å². The molecule has 0 bridgehead atoms. The molecule has 0 atom stereocenters. The highest BCUT2D eigenvalue weighted by atomic mass is 35.5. The van der Waals surface area contributed by atoms with Crippen molar-refractivity contribution in [3.8, 4) is 0 Å². The van der Waals surface area contributed by atoms with Crippen LogP contribution in [0.15, 0.2) is 12.1 Å². The molecule has 1 aromatic carbocycles. The number of benzene rings is 1. The first-order valence-corrected chi connectivity index (χ1v) is 4.92. The number of nitrogens with two attached hydrogens (primary N) is 1. The van der Waals surface area contributed by atoms with Crippen LogP contribution in [0, 0.1) is 0 Å². The van der Waals surface area contributed by atoms with Gasteiger partial charge in [0.2, 0.25) is 0 Å². The Morgan fingerprint density at radius 2 is 1.93 bits per heavy atom. The fourth-order valence-corrected chi connectivity index (χ4v) is 1.50. The van der Waals surface area contributed by atoms with E-state index in [0.717, 1.165) is 5.69 Å². The summed E-state index contributed by atoms with van der Waals surface area (Å²) in [5.41, 5.74) is 7.05. The van der Waals surface area contributed by atoms with Crippen molar-refractivity contribution in [3.05, 3.63) is 22.2 Å². The molecule has 1 aromatic rings. The maximum Gasteiger partial charge on any atom is 0.0881 e. The Morgan fingerprint density at radius 1 is 1.36 bits per heavy atom. The number of halogens is 2. The van der Waals surface area contributed by atoms with Gasteiger partial charge in [-0.2, -0.15) is 0 Å². The van der Waals surface area contributed by atoms with E-state index < -0.39 is 0 Å². The molecule has 1 rings (SSSR count). The molecule has 2 N–H and O–H groups in total. The third-order valence-corrected chi connectivity index (χ3v) is 2.57. The minimum absolute atomic E-state index is 0.445. The first kappa shape index (κ1) is 11.4. The molecular formula is C9H12Cl2N2O. The highest BCUT2D eigenvalue weighted by Crippen LogP contribution is 2.32. The van der Waals surface area contributed by atoms with E-state index >= 15 is 0 Å². The van der Waals surface area contributed by atoms with Crippen molar-refractivity contribution in [3.63, 3.8) is 0 Å². The summed E-state index contributed by atoms with van der Waals surface area (Å²) in [6.07, 6.45) is 0. The smallest absolute Gasteiger partial charge is 0.0881 e. The maximum absolute atomic E-state index is 5.87. The quantitative estimate of drug-likeness (QED) is 0.646. The van der Waals surface area contributed by atoms with E-state index in [-0.39, 0.29) is 0 Å². The molecule has 0 saturated heterocycles. The van der Waals surface area contributed by atoms with Crippen LogP contribution in [0.4, 0.5) is 11.4 Å². The summed E-state index contributed by atoms with van der Waals surface area (Å²) >= 11 is 11.7. The number of nitrogen functional groups attached to an aromatic ring is 1. The van der Waals surface area contributed by atoms with E-state index in [9.17, 15) is 0 Å². The molecule has 0 aromatic heterocycles.